The summed E-state index contributed by atoms with van der Waals surface area (Å²) in [5.41, 5.74) is 17.3. The van der Waals surface area contributed by atoms with E-state index in [1.54, 1.807) is 0 Å². The number of rotatable bonds is 3. The largest absolute Gasteiger partial charge is 0.455 e. The third kappa shape index (κ3) is 3.66. The molecule has 0 radical (unpaired) electrons. The van der Waals surface area contributed by atoms with Gasteiger partial charge in [0.15, 0.2) is 5.82 Å². The van der Waals surface area contributed by atoms with E-state index in [4.69, 9.17) is 14.4 Å². The van der Waals surface area contributed by atoms with Crippen LogP contribution in [0.3, 0.4) is 0 Å². The number of fused-ring (bicyclic) bond motifs is 5. The van der Waals surface area contributed by atoms with Crippen LogP contribution in [0.1, 0.15) is 25.0 Å². The number of aromatic nitrogens is 3. The van der Waals surface area contributed by atoms with Crippen molar-refractivity contribution in [2.45, 2.75) is 19.3 Å². The molecule has 4 heteroatoms. The Kier molecular flexibility index (Phi) is 5.42. The van der Waals surface area contributed by atoms with E-state index in [1.807, 2.05) is 6.07 Å². The highest BCUT2D eigenvalue weighted by Gasteiger charge is 2.36. The second kappa shape index (κ2) is 10.1. The van der Waals surface area contributed by atoms with Gasteiger partial charge in [-0.2, -0.15) is 0 Å². The molecular formula is C51H31N3O. The van der Waals surface area contributed by atoms with Crippen LogP contribution in [-0.2, 0) is 5.41 Å². The molecular weight excluding hydrogens is 671 g/mol. The molecule has 0 atom stereocenters. The Morgan fingerprint density at radius 3 is 2.05 bits per heavy atom. The van der Waals surface area contributed by atoms with Crippen molar-refractivity contribution in [3.05, 3.63) is 163 Å². The van der Waals surface area contributed by atoms with Crippen LogP contribution in [0.2, 0.25) is 0 Å². The molecule has 0 unspecified atom stereocenters. The summed E-state index contributed by atoms with van der Waals surface area (Å²) in [4.78, 5) is 11.1. The zero-order chi connectivity index (χ0) is 36.2. The highest BCUT2D eigenvalue weighted by Crippen LogP contribution is 2.54. The highest BCUT2D eigenvalue weighted by molar-refractivity contribution is 6.39. The van der Waals surface area contributed by atoms with Gasteiger partial charge in [-0.1, -0.05) is 129 Å². The van der Waals surface area contributed by atoms with E-state index in [2.05, 4.69) is 164 Å². The van der Waals surface area contributed by atoms with Gasteiger partial charge in [-0.3, -0.25) is 4.57 Å². The number of hydrogen-bond acceptors (Lipinski definition) is 3. The predicted molar refractivity (Wildman–Crippen MR) is 226 cm³/mol. The van der Waals surface area contributed by atoms with Crippen LogP contribution in [-0.4, -0.2) is 14.5 Å². The lowest BCUT2D eigenvalue weighted by atomic mass is 9.82. The Hall–Kier alpha value is -7.04. The van der Waals surface area contributed by atoms with Crippen LogP contribution in [0.4, 0.5) is 0 Å². The molecule has 2 aliphatic carbocycles. The Morgan fingerprint density at radius 2 is 1.18 bits per heavy atom. The number of furan rings is 1. The Balaban J connectivity index is 1.22. The first kappa shape index (κ1) is 29.4. The molecule has 3 aromatic heterocycles. The van der Waals surface area contributed by atoms with Crippen LogP contribution in [0.5, 0.6) is 0 Å². The number of hydrogen-bond donors (Lipinski definition) is 0. The molecule has 0 N–H and O–H groups in total. The molecule has 0 amide bonds. The minimum atomic E-state index is -0.151. The van der Waals surface area contributed by atoms with Crippen molar-refractivity contribution < 1.29 is 4.42 Å². The molecule has 13 rings (SSSR count). The summed E-state index contributed by atoms with van der Waals surface area (Å²) < 4.78 is 9.31. The molecule has 8 aromatic carbocycles. The molecule has 0 fully saturated rings. The average Bonchev–Trinajstić information content (AvgIpc) is 3.82. The van der Waals surface area contributed by atoms with Crippen LogP contribution in [0.25, 0.3) is 116 Å². The van der Waals surface area contributed by atoms with Crippen molar-refractivity contribution in [1.29, 1.82) is 0 Å². The first-order valence-electron chi connectivity index (χ1n) is 19.0. The van der Waals surface area contributed by atoms with Crippen molar-refractivity contribution in [2.24, 2.45) is 0 Å². The molecule has 0 bridgehead atoms. The Bertz CT molecular complexity index is 3510. The van der Waals surface area contributed by atoms with E-state index in [-0.39, 0.29) is 5.41 Å². The molecule has 0 aliphatic heterocycles. The summed E-state index contributed by atoms with van der Waals surface area (Å²) in [5, 5.41) is 7.20. The molecule has 2 aliphatic rings. The molecule has 0 spiro atoms. The van der Waals surface area contributed by atoms with Gasteiger partial charge in [0.2, 0.25) is 0 Å². The summed E-state index contributed by atoms with van der Waals surface area (Å²) >= 11 is 0. The van der Waals surface area contributed by atoms with Gasteiger partial charge in [-0.15, -0.1) is 0 Å². The van der Waals surface area contributed by atoms with E-state index in [1.165, 1.54) is 54.9 Å². The van der Waals surface area contributed by atoms with Gasteiger partial charge in [0.1, 0.15) is 16.9 Å². The quantitative estimate of drug-likeness (QED) is 0.184. The van der Waals surface area contributed by atoms with E-state index < -0.39 is 0 Å². The molecule has 55 heavy (non-hydrogen) atoms. The molecule has 256 valence electrons. The lowest BCUT2D eigenvalue weighted by Crippen LogP contribution is -2.15. The van der Waals surface area contributed by atoms with Crippen LogP contribution in [0, 0.1) is 0 Å². The van der Waals surface area contributed by atoms with Crippen LogP contribution >= 0.6 is 0 Å². The van der Waals surface area contributed by atoms with Gasteiger partial charge in [0.25, 0.3) is 0 Å². The first-order chi connectivity index (χ1) is 27.0. The van der Waals surface area contributed by atoms with Gasteiger partial charge < -0.3 is 4.42 Å². The molecule has 3 heterocycles. The normalized spacial score (nSPS) is 13.8. The fourth-order valence-corrected chi connectivity index (χ4v) is 10.0. The predicted octanol–water partition coefficient (Wildman–Crippen LogP) is 13.4. The lowest BCUT2D eigenvalue weighted by molar-refractivity contribution is 0.660. The number of benzene rings is 8. The zero-order valence-electron chi connectivity index (χ0n) is 30.2. The van der Waals surface area contributed by atoms with Crippen molar-refractivity contribution in [2.75, 3.05) is 0 Å². The Morgan fingerprint density at radius 1 is 0.473 bits per heavy atom. The summed E-state index contributed by atoms with van der Waals surface area (Å²) in [6.45, 7) is 4.67. The monoisotopic (exact) mass is 701 g/mol. The van der Waals surface area contributed by atoms with Crippen LogP contribution in [0.15, 0.2) is 156 Å². The van der Waals surface area contributed by atoms with Gasteiger partial charge in [-0.05, 0) is 86.1 Å². The second-order valence-electron chi connectivity index (χ2n) is 15.7. The first-order valence-corrected chi connectivity index (χ1v) is 19.0. The molecule has 0 saturated heterocycles. The topological polar surface area (TPSA) is 43.9 Å². The fraction of sp³-hybridized carbons (Fsp3) is 0.0588. The standard InChI is InChI=1S/C51H31N3O/c1-51(2)36-18-7-6-15-31(36)32-24-22-30(26-37(32)51)48-50(53-39-20-9-8-19-38(39)52-48)54-40-25-23-29-14-10-16-33-34-17-11-21-42-44(34)47-46(45(40)43(29)33)41(54)27-35(49(47)55-42)28-12-4-3-5-13-28/h3-27H,1-2H3. The van der Waals surface area contributed by atoms with Crippen molar-refractivity contribution >= 4 is 65.6 Å². The minimum Gasteiger partial charge on any atom is -0.455 e. The van der Waals surface area contributed by atoms with Crippen LogP contribution < -0.4 is 0 Å². The summed E-state index contributed by atoms with van der Waals surface area (Å²) in [5.74, 6) is 0.816. The van der Waals surface area contributed by atoms with E-state index in [0.29, 0.717) is 0 Å². The highest BCUT2D eigenvalue weighted by atomic mass is 16.3. The third-order valence-corrected chi connectivity index (χ3v) is 12.5. The Labute approximate surface area is 315 Å². The SMILES string of the molecule is CC1(C)c2ccccc2-c2ccc(-c3nc4ccccc4nc3-n3c4ccc5cccc6c5c4c4c5c(oc7cccc-6c75)c(-c5ccccc5)cc43)cc21. The zero-order valence-corrected chi connectivity index (χ0v) is 30.2. The van der Waals surface area contributed by atoms with Gasteiger partial charge in [0.05, 0.1) is 22.1 Å². The van der Waals surface area contributed by atoms with Gasteiger partial charge >= 0.3 is 0 Å². The molecule has 11 aromatic rings. The molecule has 4 nitrogen and oxygen atoms in total. The van der Waals surface area contributed by atoms with E-state index >= 15 is 0 Å². The summed E-state index contributed by atoms with van der Waals surface area (Å²) in [6.07, 6.45) is 0. The molecule has 0 saturated carbocycles. The summed E-state index contributed by atoms with van der Waals surface area (Å²) in [7, 11) is 0. The van der Waals surface area contributed by atoms with Gasteiger partial charge in [-0.25, -0.2) is 9.97 Å². The van der Waals surface area contributed by atoms with Gasteiger partial charge in [0, 0.05) is 38.1 Å². The van der Waals surface area contributed by atoms with E-state index in [9.17, 15) is 0 Å². The maximum atomic E-state index is 6.92. The fourth-order valence-electron chi connectivity index (χ4n) is 10.0. The smallest absolute Gasteiger partial charge is 0.165 e. The van der Waals surface area contributed by atoms with Crippen molar-refractivity contribution in [1.82, 2.24) is 14.5 Å². The lowest BCUT2D eigenvalue weighted by Gasteiger charge is -2.22. The van der Waals surface area contributed by atoms with Crippen molar-refractivity contribution in [3.8, 4) is 50.5 Å². The number of nitrogens with zero attached hydrogens (tertiary/aromatic N) is 3. The second-order valence-corrected chi connectivity index (χ2v) is 15.7. The average molecular weight is 702 g/mol. The maximum absolute atomic E-state index is 6.92. The van der Waals surface area contributed by atoms with Crippen molar-refractivity contribution in [3.63, 3.8) is 0 Å². The minimum absolute atomic E-state index is 0.151. The number of para-hydroxylation sites is 2. The van der Waals surface area contributed by atoms with E-state index in [0.717, 1.165) is 72.2 Å². The third-order valence-electron chi connectivity index (χ3n) is 12.5. The summed E-state index contributed by atoms with van der Waals surface area (Å²) in [6, 6.07) is 54.7. The maximum Gasteiger partial charge on any atom is 0.165 e.